The first-order valence-corrected chi connectivity index (χ1v) is 9.99. The molecule has 0 aliphatic carbocycles. The Hall–Kier alpha value is -2.71. The van der Waals surface area contributed by atoms with E-state index in [1.165, 1.54) is 10.5 Å². The molecule has 3 rings (SSSR count). The van der Waals surface area contributed by atoms with Gasteiger partial charge in [-0.1, -0.05) is 18.2 Å². The van der Waals surface area contributed by atoms with Crippen molar-refractivity contribution in [3.63, 3.8) is 0 Å². The zero-order chi connectivity index (χ0) is 18.7. The van der Waals surface area contributed by atoms with Gasteiger partial charge in [0.15, 0.2) is 0 Å². The fourth-order valence-corrected chi connectivity index (χ4v) is 3.21. The average Bonchev–Trinajstić information content (AvgIpc) is 2.58. The molecule has 3 aromatic rings. The molecule has 136 valence electrons. The summed E-state index contributed by atoms with van der Waals surface area (Å²) in [5.74, 6) is 0. The van der Waals surface area contributed by atoms with Crippen molar-refractivity contribution in [2.24, 2.45) is 0 Å². The maximum absolute atomic E-state index is 12.1. The highest BCUT2D eigenvalue weighted by molar-refractivity contribution is 7.92. The zero-order valence-corrected chi connectivity index (χ0v) is 15.3. The average molecular weight is 372 g/mol. The van der Waals surface area contributed by atoms with Gasteiger partial charge in [-0.3, -0.25) is 13.9 Å². The van der Waals surface area contributed by atoms with Gasteiger partial charge in [0.05, 0.1) is 11.9 Å². The van der Waals surface area contributed by atoms with Crippen LogP contribution in [0, 0.1) is 0 Å². The second-order valence-electron chi connectivity index (χ2n) is 6.12. The third kappa shape index (κ3) is 4.47. The lowest BCUT2D eigenvalue weighted by Gasteiger charge is -2.15. The van der Waals surface area contributed by atoms with Crippen LogP contribution in [0.4, 0.5) is 5.69 Å². The third-order valence-electron chi connectivity index (χ3n) is 3.90. The summed E-state index contributed by atoms with van der Waals surface area (Å²) in [6.07, 6.45) is 2.80. The van der Waals surface area contributed by atoms with E-state index in [0.29, 0.717) is 23.6 Å². The number of nitrogens with one attached hydrogen (secondary N) is 2. The molecule has 0 spiro atoms. The number of hydrogen-bond donors (Lipinski definition) is 2. The van der Waals surface area contributed by atoms with Crippen LogP contribution in [0.5, 0.6) is 0 Å². The van der Waals surface area contributed by atoms with Crippen LogP contribution in [-0.4, -0.2) is 24.1 Å². The Bertz CT molecular complexity index is 1090. The molecule has 0 unspecified atom stereocenters. The summed E-state index contributed by atoms with van der Waals surface area (Å²) in [7, 11) is -3.32. The molecule has 26 heavy (non-hydrogen) atoms. The second kappa shape index (κ2) is 7.27. The number of aromatic nitrogens is 2. The van der Waals surface area contributed by atoms with Crippen LogP contribution in [0.25, 0.3) is 5.65 Å². The van der Waals surface area contributed by atoms with Gasteiger partial charge in [0.2, 0.25) is 10.0 Å². The lowest BCUT2D eigenvalue weighted by Crippen LogP contribution is -2.22. The Balaban J connectivity index is 1.74. The summed E-state index contributed by atoms with van der Waals surface area (Å²) in [5, 5.41) is 3.31. The predicted octanol–water partition coefficient (Wildman–Crippen LogP) is 1.92. The molecular formula is C18H20N4O3S. The lowest BCUT2D eigenvalue weighted by molar-refractivity contribution is 0.567. The maximum Gasteiger partial charge on any atom is 0.258 e. The molecule has 7 nitrogen and oxygen atoms in total. The minimum atomic E-state index is -3.32. The number of hydrogen-bond acceptors (Lipinski definition) is 5. The number of anilines is 1. The van der Waals surface area contributed by atoms with Crippen LogP contribution in [0.2, 0.25) is 0 Å². The van der Waals surface area contributed by atoms with Gasteiger partial charge in [-0.25, -0.2) is 13.4 Å². The summed E-state index contributed by atoms with van der Waals surface area (Å²) in [6.45, 7) is 2.39. The third-order valence-corrected chi connectivity index (χ3v) is 4.51. The van der Waals surface area contributed by atoms with Gasteiger partial charge in [0.25, 0.3) is 5.56 Å². The standard InChI is InChI=1S/C18H20N4O3S/c1-13(14-6-5-7-15(10-14)21-26(2,24)25)19-12-16-11-18(23)22-9-4-3-8-17(22)20-16/h3-11,13,19,21H,12H2,1-2H3/t13-/m0/s1. The molecule has 1 atom stereocenters. The zero-order valence-electron chi connectivity index (χ0n) is 14.5. The summed E-state index contributed by atoms with van der Waals surface area (Å²) in [4.78, 5) is 16.6. The summed E-state index contributed by atoms with van der Waals surface area (Å²) in [5.41, 5.74) is 2.57. The number of rotatable bonds is 6. The largest absolute Gasteiger partial charge is 0.305 e. The van der Waals surface area contributed by atoms with E-state index in [9.17, 15) is 13.2 Å². The Morgan fingerprint density at radius 1 is 1.15 bits per heavy atom. The molecule has 0 saturated heterocycles. The van der Waals surface area contributed by atoms with Crippen molar-refractivity contribution in [2.75, 3.05) is 11.0 Å². The van der Waals surface area contributed by atoms with Gasteiger partial charge >= 0.3 is 0 Å². The van der Waals surface area contributed by atoms with Gasteiger partial charge < -0.3 is 5.32 Å². The number of fused-ring (bicyclic) bond motifs is 1. The van der Waals surface area contributed by atoms with Gasteiger partial charge in [0.1, 0.15) is 5.65 Å². The minimum absolute atomic E-state index is 0.0488. The van der Waals surface area contributed by atoms with E-state index >= 15 is 0 Å². The van der Waals surface area contributed by atoms with Crippen molar-refractivity contribution in [1.82, 2.24) is 14.7 Å². The van der Waals surface area contributed by atoms with Crippen LogP contribution in [0.1, 0.15) is 24.2 Å². The van der Waals surface area contributed by atoms with Gasteiger partial charge in [0, 0.05) is 30.5 Å². The van der Waals surface area contributed by atoms with E-state index in [4.69, 9.17) is 0 Å². The molecule has 0 aliphatic rings. The molecular weight excluding hydrogens is 352 g/mol. The van der Waals surface area contributed by atoms with Gasteiger partial charge in [-0.15, -0.1) is 0 Å². The molecule has 1 aromatic carbocycles. The number of sulfonamides is 1. The van der Waals surface area contributed by atoms with Crippen molar-refractivity contribution in [2.45, 2.75) is 19.5 Å². The SMILES string of the molecule is C[C@H](NCc1cc(=O)n2ccccc2n1)c1cccc(NS(C)(=O)=O)c1. The first-order chi connectivity index (χ1) is 12.3. The first kappa shape index (κ1) is 18.1. The highest BCUT2D eigenvalue weighted by atomic mass is 32.2. The molecule has 0 radical (unpaired) electrons. The Kier molecular flexibility index (Phi) is 5.06. The van der Waals surface area contributed by atoms with E-state index in [1.807, 2.05) is 19.1 Å². The van der Waals surface area contributed by atoms with Crippen LogP contribution in [-0.2, 0) is 16.6 Å². The molecule has 0 aliphatic heterocycles. The molecule has 2 heterocycles. The highest BCUT2D eigenvalue weighted by Gasteiger charge is 2.09. The van der Waals surface area contributed by atoms with Crippen molar-refractivity contribution < 1.29 is 8.42 Å². The van der Waals surface area contributed by atoms with Gasteiger partial charge in [-0.2, -0.15) is 0 Å². The smallest absolute Gasteiger partial charge is 0.258 e. The number of pyridine rings is 1. The Morgan fingerprint density at radius 2 is 1.96 bits per heavy atom. The lowest BCUT2D eigenvalue weighted by atomic mass is 10.1. The number of benzene rings is 1. The fourth-order valence-electron chi connectivity index (χ4n) is 2.65. The van der Waals surface area contributed by atoms with Crippen LogP contribution >= 0.6 is 0 Å². The van der Waals surface area contributed by atoms with E-state index in [2.05, 4.69) is 15.0 Å². The summed E-state index contributed by atoms with van der Waals surface area (Å²) >= 11 is 0. The van der Waals surface area contributed by atoms with Crippen LogP contribution < -0.4 is 15.6 Å². The van der Waals surface area contributed by atoms with Gasteiger partial charge in [-0.05, 0) is 36.8 Å². The molecule has 0 bridgehead atoms. The Labute approximate surface area is 151 Å². The number of nitrogens with zero attached hydrogens (tertiary/aromatic N) is 2. The maximum atomic E-state index is 12.1. The minimum Gasteiger partial charge on any atom is -0.305 e. The van der Waals surface area contributed by atoms with E-state index in [-0.39, 0.29) is 11.6 Å². The summed E-state index contributed by atoms with van der Waals surface area (Å²) < 4.78 is 26.7. The van der Waals surface area contributed by atoms with Crippen molar-refractivity contribution >= 4 is 21.4 Å². The first-order valence-electron chi connectivity index (χ1n) is 8.10. The topological polar surface area (TPSA) is 92.6 Å². The van der Waals surface area contributed by atoms with E-state index < -0.39 is 10.0 Å². The van der Waals surface area contributed by atoms with Crippen molar-refractivity contribution in [1.29, 1.82) is 0 Å². The van der Waals surface area contributed by atoms with Crippen molar-refractivity contribution in [3.05, 3.63) is 76.3 Å². The second-order valence-corrected chi connectivity index (χ2v) is 7.87. The molecule has 2 aromatic heterocycles. The molecule has 8 heteroatoms. The molecule has 2 N–H and O–H groups in total. The molecule has 0 amide bonds. The monoisotopic (exact) mass is 372 g/mol. The quantitative estimate of drug-likeness (QED) is 0.690. The fraction of sp³-hybridized carbons (Fsp3) is 0.222. The summed E-state index contributed by atoms with van der Waals surface area (Å²) in [6, 6.07) is 14.0. The van der Waals surface area contributed by atoms with Crippen molar-refractivity contribution in [3.8, 4) is 0 Å². The highest BCUT2D eigenvalue weighted by Crippen LogP contribution is 2.18. The van der Waals surface area contributed by atoms with Crippen LogP contribution in [0.3, 0.4) is 0 Å². The van der Waals surface area contributed by atoms with Crippen LogP contribution in [0.15, 0.2) is 59.5 Å². The predicted molar refractivity (Wildman–Crippen MR) is 102 cm³/mol. The normalized spacial score (nSPS) is 12.8. The molecule has 0 fully saturated rings. The van der Waals surface area contributed by atoms with E-state index in [1.54, 1.807) is 36.5 Å². The van der Waals surface area contributed by atoms with E-state index in [0.717, 1.165) is 11.8 Å². The molecule has 0 saturated carbocycles. The Morgan fingerprint density at radius 3 is 2.73 bits per heavy atom.